The van der Waals surface area contributed by atoms with Gasteiger partial charge in [0.15, 0.2) is 0 Å². The minimum Gasteiger partial charge on any atom is -0.422 e. The van der Waals surface area contributed by atoms with Crippen molar-refractivity contribution in [3.05, 3.63) is 5.92 Å². The largest absolute Gasteiger partial charge is 0.422 e. The summed E-state index contributed by atoms with van der Waals surface area (Å²) in [5.41, 5.74) is 0. The van der Waals surface area contributed by atoms with Gasteiger partial charge in [0.1, 0.15) is 17.5 Å². The quantitative estimate of drug-likeness (QED) is 0.494. The number of ketones is 2. The first-order chi connectivity index (χ1) is 8.32. The van der Waals surface area contributed by atoms with Crippen molar-refractivity contribution in [1.29, 1.82) is 0 Å². The van der Waals surface area contributed by atoms with E-state index in [0.717, 1.165) is 0 Å². The maximum absolute atomic E-state index is 11.7. The Labute approximate surface area is 104 Å². The molecule has 0 spiro atoms. The number of carbonyl (C=O) groups excluding carboxylic acids is 4. The van der Waals surface area contributed by atoms with E-state index in [-0.39, 0.29) is 12.8 Å². The van der Waals surface area contributed by atoms with E-state index in [1.807, 2.05) is 0 Å². The summed E-state index contributed by atoms with van der Waals surface area (Å²) in [7, 11) is 0. The summed E-state index contributed by atoms with van der Waals surface area (Å²) in [6.07, 6.45) is 0.824. The molecule has 0 aromatic carbocycles. The number of ether oxygens (including phenoxy) is 2. The zero-order chi connectivity index (χ0) is 13.5. The minimum absolute atomic E-state index is 0.184. The van der Waals surface area contributed by atoms with Crippen molar-refractivity contribution in [3.63, 3.8) is 0 Å². The molecular formula is C12H13O6. The number of cyclic esters (lactones) is 2. The van der Waals surface area contributed by atoms with Crippen molar-refractivity contribution in [1.82, 2.24) is 0 Å². The molecule has 6 nitrogen and oxygen atoms in total. The van der Waals surface area contributed by atoms with Crippen molar-refractivity contribution in [2.45, 2.75) is 38.9 Å². The van der Waals surface area contributed by atoms with Gasteiger partial charge < -0.3 is 9.47 Å². The number of rotatable bonds is 1. The molecule has 0 N–H and O–H groups in total. The third kappa shape index (κ3) is 2.14. The van der Waals surface area contributed by atoms with Crippen LogP contribution in [-0.4, -0.2) is 29.3 Å². The van der Waals surface area contributed by atoms with Gasteiger partial charge in [0.2, 0.25) is 5.92 Å². The predicted molar refractivity (Wildman–Crippen MR) is 56.9 cm³/mol. The Bertz CT molecular complexity index is 400. The standard InChI is InChI=1S/C12H13O6/c1-12(2)17-10(15)9(11(16)18-12)8-6(13)4-3-5-7(8)14/h8H,3-5H2,1-2H3. The average molecular weight is 253 g/mol. The molecule has 0 amide bonds. The van der Waals surface area contributed by atoms with E-state index >= 15 is 0 Å². The summed E-state index contributed by atoms with van der Waals surface area (Å²) in [6, 6.07) is 0. The van der Waals surface area contributed by atoms with Crippen LogP contribution in [0.25, 0.3) is 0 Å². The SMILES string of the molecule is CC1(C)OC(=O)[C](C2C(=O)CCCC2=O)C(=O)O1. The van der Waals surface area contributed by atoms with Crippen LogP contribution in [0.4, 0.5) is 0 Å². The second-order valence-electron chi connectivity index (χ2n) is 4.81. The molecule has 0 atom stereocenters. The van der Waals surface area contributed by atoms with Gasteiger partial charge in [-0.2, -0.15) is 0 Å². The molecule has 0 aromatic heterocycles. The summed E-state index contributed by atoms with van der Waals surface area (Å²) in [5, 5.41) is 0. The molecule has 0 bridgehead atoms. The highest BCUT2D eigenvalue weighted by atomic mass is 16.7. The summed E-state index contributed by atoms with van der Waals surface area (Å²) in [4.78, 5) is 46.9. The molecule has 2 fully saturated rings. The van der Waals surface area contributed by atoms with Gasteiger partial charge in [-0.25, -0.2) is 0 Å². The van der Waals surface area contributed by atoms with E-state index < -0.39 is 41.1 Å². The van der Waals surface area contributed by atoms with E-state index in [0.29, 0.717) is 6.42 Å². The Hall–Kier alpha value is -1.72. The predicted octanol–water partition coefficient (Wildman–Crippen LogP) is 0.335. The van der Waals surface area contributed by atoms with E-state index in [1.54, 1.807) is 0 Å². The van der Waals surface area contributed by atoms with Gasteiger partial charge in [0.25, 0.3) is 5.79 Å². The molecule has 1 aliphatic heterocycles. The fourth-order valence-electron chi connectivity index (χ4n) is 2.12. The highest BCUT2D eigenvalue weighted by molar-refractivity contribution is 6.22. The van der Waals surface area contributed by atoms with Gasteiger partial charge in [-0.3, -0.25) is 19.2 Å². The lowest BCUT2D eigenvalue weighted by molar-refractivity contribution is -0.229. The number of hydrogen-bond donors (Lipinski definition) is 0. The molecule has 1 heterocycles. The Morgan fingerprint density at radius 2 is 1.39 bits per heavy atom. The summed E-state index contributed by atoms with van der Waals surface area (Å²) in [6.45, 7) is 2.81. The molecule has 2 rings (SSSR count). The Morgan fingerprint density at radius 1 is 0.944 bits per heavy atom. The van der Waals surface area contributed by atoms with Gasteiger partial charge in [0, 0.05) is 26.7 Å². The van der Waals surface area contributed by atoms with Crippen LogP contribution in [0.15, 0.2) is 0 Å². The van der Waals surface area contributed by atoms with E-state index in [1.165, 1.54) is 13.8 Å². The monoisotopic (exact) mass is 253 g/mol. The fraction of sp³-hybridized carbons (Fsp3) is 0.583. The zero-order valence-corrected chi connectivity index (χ0v) is 10.1. The van der Waals surface area contributed by atoms with Crippen LogP contribution in [0.1, 0.15) is 33.1 Å². The molecular weight excluding hydrogens is 240 g/mol. The van der Waals surface area contributed by atoms with Gasteiger partial charge in [-0.1, -0.05) is 0 Å². The minimum atomic E-state index is -1.36. The third-order valence-corrected chi connectivity index (χ3v) is 2.90. The van der Waals surface area contributed by atoms with Crippen LogP contribution in [0.2, 0.25) is 0 Å². The van der Waals surface area contributed by atoms with Crippen LogP contribution in [0.5, 0.6) is 0 Å². The molecule has 0 aromatic rings. The van der Waals surface area contributed by atoms with Gasteiger partial charge in [-0.05, 0) is 6.42 Å². The summed E-state index contributed by atoms with van der Waals surface area (Å²) < 4.78 is 9.77. The van der Waals surface area contributed by atoms with Crippen molar-refractivity contribution >= 4 is 23.5 Å². The number of esters is 2. The highest BCUT2D eigenvalue weighted by Gasteiger charge is 2.53. The van der Waals surface area contributed by atoms with Crippen LogP contribution in [0, 0.1) is 11.8 Å². The average Bonchev–Trinajstić information content (AvgIpc) is 2.19. The maximum Gasteiger partial charge on any atom is 0.329 e. The first-order valence-electron chi connectivity index (χ1n) is 5.71. The van der Waals surface area contributed by atoms with Crippen LogP contribution < -0.4 is 0 Å². The Kier molecular flexibility index (Phi) is 2.96. The topological polar surface area (TPSA) is 86.7 Å². The van der Waals surface area contributed by atoms with E-state index in [2.05, 4.69) is 0 Å². The lowest BCUT2D eigenvalue weighted by Crippen LogP contribution is -2.51. The van der Waals surface area contributed by atoms with Crippen molar-refractivity contribution in [3.8, 4) is 0 Å². The molecule has 2 aliphatic rings. The third-order valence-electron chi connectivity index (χ3n) is 2.90. The van der Waals surface area contributed by atoms with Crippen LogP contribution >= 0.6 is 0 Å². The molecule has 1 radical (unpaired) electrons. The normalized spacial score (nSPS) is 25.9. The van der Waals surface area contributed by atoms with E-state index in [4.69, 9.17) is 9.47 Å². The molecule has 6 heteroatoms. The van der Waals surface area contributed by atoms with Gasteiger partial charge in [-0.15, -0.1) is 0 Å². The Morgan fingerprint density at radius 3 is 1.83 bits per heavy atom. The zero-order valence-electron chi connectivity index (χ0n) is 10.1. The second-order valence-corrected chi connectivity index (χ2v) is 4.81. The maximum atomic E-state index is 11.7. The fourth-order valence-corrected chi connectivity index (χ4v) is 2.12. The molecule has 18 heavy (non-hydrogen) atoms. The summed E-state index contributed by atoms with van der Waals surface area (Å²) >= 11 is 0. The Balaban J connectivity index is 2.27. The highest BCUT2D eigenvalue weighted by Crippen LogP contribution is 2.33. The van der Waals surface area contributed by atoms with Crippen molar-refractivity contribution in [2.75, 3.05) is 0 Å². The number of carbonyl (C=O) groups is 4. The smallest absolute Gasteiger partial charge is 0.329 e. The van der Waals surface area contributed by atoms with Crippen molar-refractivity contribution in [2.24, 2.45) is 5.92 Å². The molecule has 1 saturated heterocycles. The van der Waals surface area contributed by atoms with E-state index in [9.17, 15) is 19.2 Å². The second kappa shape index (κ2) is 4.19. The molecule has 1 saturated carbocycles. The van der Waals surface area contributed by atoms with Gasteiger partial charge in [0.05, 0.1) is 0 Å². The van der Waals surface area contributed by atoms with Crippen LogP contribution in [0.3, 0.4) is 0 Å². The lowest BCUT2D eigenvalue weighted by atomic mass is 9.77. The first kappa shape index (κ1) is 12.7. The lowest BCUT2D eigenvalue weighted by Gasteiger charge is -2.35. The van der Waals surface area contributed by atoms with Crippen LogP contribution in [-0.2, 0) is 28.7 Å². The summed E-state index contributed by atoms with van der Waals surface area (Å²) in [5.74, 6) is -5.88. The van der Waals surface area contributed by atoms with Crippen molar-refractivity contribution < 1.29 is 28.7 Å². The number of Topliss-reactive ketones (excluding diaryl/α,β-unsaturated/α-hetero) is 2. The van der Waals surface area contributed by atoms with Gasteiger partial charge >= 0.3 is 11.9 Å². The first-order valence-corrected chi connectivity index (χ1v) is 5.71. The molecule has 0 unspecified atom stereocenters. The molecule has 97 valence electrons. The number of hydrogen-bond acceptors (Lipinski definition) is 6. The molecule has 1 aliphatic carbocycles.